The molecule has 0 bridgehead atoms. The molecule has 98 valence electrons. The summed E-state index contributed by atoms with van der Waals surface area (Å²) in [6.45, 7) is 3.08. The van der Waals surface area contributed by atoms with Crippen LogP contribution >= 0.6 is 0 Å². The molecular weight excluding hydrogens is 230 g/mol. The molecule has 1 aromatic rings. The maximum atomic E-state index is 12.2. The Morgan fingerprint density at radius 2 is 2.39 bits per heavy atom. The Bertz CT molecular complexity index is 434. The number of pyridine rings is 1. The van der Waals surface area contributed by atoms with Gasteiger partial charge in [-0.05, 0) is 25.5 Å². The van der Waals surface area contributed by atoms with Crippen LogP contribution in [0.25, 0.3) is 0 Å². The third-order valence-corrected chi connectivity index (χ3v) is 3.42. The zero-order valence-corrected chi connectivity index (χ0v) is 10.8. The van der Waals surface area contributed by atoms with Crippen LogP contribution in [-0.2, 0) is 0 Å². The summed E-state index contributed by atoms with van der Waals surface area (Å²) < 4.78 is 0. The van der Waals surface area contributed by atoms with Crippen LogP contribution in [0.15, 0.2) is 18.2 Å². The first kappa shape index (κ1) is 12.8. The highest BCUT2D eigenvalue weighted by Crippen LogP contribution is 2.21. The van der Waals surface area contributed by atoms with Gasteiger partial charge in [0, 0.05) is 26.1 Å². The molecule has 0 spiro atoms. The lowest BCUT2D eigenvalue weighted by molar-refractivity contribution is 0.0757. The van der Waals surface area contributed by atoms with Crippen molar-refractivity contribution in [3.8, 4) is 0 Å². The Morgan fingerprint density at radius 3 is 3.00 bits per heavy atom. The van der Waals surface area contributed by atoms with Crippen molar-refractivity contribution in [2.75, 3.05) is 25.5 Å². The van der Waals surface area contributed by atoms with Gasteiger partial charge in [-0.25, -0.2) is 4.98 Å². The van der Waals surface area contributed by atoms with Crippen LogP contribution in [-0.4, -0.2) is 47.1 Å². The fourth-order valence-corrected chi connectivity index (χ4v) is 2.22. The highest BCUT2D eigenvalue weighted by atomic mass is 16.3. The molecule has 1 aromatic heterocycles. The van der Waals surface area contributed by atoms with Crippen molar-refractivity contribution < 1.29 is 9.90 Å². The fraction of sp³-hybridized carbons (Fsp3) is 0.538. The number of carbonyl (C=O) groups excluding carboxylic acids is 1. The number of aliphatic hydroxyl groups is 1. The number of anilines is 1. The molecule has 2 unspecified atom stereocenters. The normalized spacial score (nSPS) is 20.8. The molecule has 2 heterocycles. The van der Waals surface area contributed by atoms with Crippen molar-refractivity contribution in [3.63, 3.8) is 0 Å². The minimum Gasteiger partial charge on any atom is -0.393 e. The van der Waals surface area contributed by atoms with Gasteiger partial charge in [0.2, 0.25) is 0 Å². The smallest absolute Gasteiger partial charge is 0.272 e. The molecule has 0 radical (unpaired) electrons. The number of nitrogens with zero attached hydrogens (tertiary/aromatic N) is 2. The van der Waals surface area contributed by atoms with Crippen LogP contribution in [0.2, 0.25) is 0 Å². The van der Waals surface area contributed by atoms with Gasteiger partial charge in [0.05, 0.1) is 6.10 Å². The lowest BCUT2D eigenvalue weighted by atomic mass is 10.0. The predicted octanol–water partition coefficient (Wildman–Crippen LogP) is 0.966. The zero-order valence-electron chi connectivity index (χ0n) is 10.8. The van der Waals surface area contributed by atoms with E-state index in [1.807, 2.05) is 12.1 Å². The Balaban J connectivity index is 2.08. The van der Waals surface area contributed by atoms with Gasteiger partial charge < -0.3 is 15.3 Å². The van der Waals surface area contributed by atoms with E-state index in [4.69, 9.17) is 0 Å². The number of amides is 1. The summed E-state index contributed by atoms with van der Waals surface area (Å²) in [5, 5.41) is 12.5. The summed E-state index contributed by atoms with van der Waals surface area (Å²) in [6, 6.07) is 5.35. The number of nitrogens with one attached hydrogen (secondary N) is 1. The van der Waals surface area contributed by atoms with E-state index in [1.54, 1.807) is 24.9 Å². The van der Waals surface area contributed by atoms with Crippen molar-refractivity contribution in [3.05, 3.63) is 23.9 Å². The maximum Gasteiger partial charge on any atom is 0.272 e. The summed E-state index contributed by atoms with van der Waals surface area (Å²) >= 11 is 0. The van der Waals surface area contributed by atoms with Gasteiger partial charge in [0.25, 0.3) is 5.91 Å². The van der Waals surface area contributed by atoms with Crippen molar-refractivity contribution in [1.82, 2.24) is 9.88 Å². The monoisotopic (exact) mass is 249 g/mol. The molecule has 0 aromatic carbocycles. The average molecular weight is 249 g/mol. The molecule has 0 aliphatic carbocycles. The van der Waals surface area contributed by atoms with Crippen molar-refractivity contribution in [1.29, 1.82) is 0 Å². The molecule has 1 fully saturated rings. The number of hydrogen-bond donors (Lipinski definition) is 2. The van der Waals surface area contributed by atoms with E-state index < -0.39 is 0 Å². The quantitative estimate of drug-likeness (QED) is 0.837. The van der Waals surface area contributed by atoms with Crippen LogP contribution < -0.4 is 5.32 Å². The zero-order chi connectivity index (χ0) is 13.1. The summed E-state index contributed by atoms with van der Waals surface area (Å²) in [7, 11) is 1.77. The van der Waals surface area contributed by atoms with E-state index >= 15 is 0 Å². The van der Waals surface area contributed by atoms with Crippen LogP contribution in [0.3, 0.4) is 0 Å². The van der Waals surface area contributed by atoms with Crippen molar-refractivity contribution in [2.45, 2.75) is 19.4 Å². The number of aliphatic hydroxyl groups excluding tert-OH is 1. The summed E-state index contributed by atoms with van der Waals surface area (Å²) in [6.07, 6.45) is 0.495. The highest BCUT2D eigenvalue weighted by molar-refractivity contribution is 5.92. The molecule has 5 heteroatoms. The third-order valence-electron chi connectivity index (χ3n) is 3.42. The summed E-state index contributed by atoms with van der Waals surface area (Å²) in [5.41, 5.74) is 0.452. The topological polar surface area (TPSA) is 65.5 Å². The van der Waals surface area contributed by atoms with Gasteiger partial charge in [-0.3, -0.25) is 4.79 Å². The van der Waals surface area contributed by atoms with E-state index in [0.717, 1.165) is 6.42 Å². The lowest BCUT2D eigenvalue weighted by Gasteiger charge is -2.17. The van der Waals surface area contributed by atoms with Gasteiger partial charge >= 0.3 is 0 Å². The van der Waals surface area contributed by atoms with Gasteiger partial charge in [0.15, 0.2) is 0 Å². The fourth-order valence-electron chi connectivity index (χ4n) is 2.22. The molecule has 5 nitrogen and oxygen atoms in total. The number of likely N-dealkylation sites (tertiary alicyclic amines) is 1. The summed E-state index contributed by atoms with van der Waals surface area (Å²) in [5.74, 6) is 0.809. The second-order valence-electron chi connectivity index (χ2n) is 4.70. The summed E-state index contributed by atoms with van der Waals surface area (Å²) in [4.78, 5) is 18.2. The second-order valence-corrected chi connectivity index (χ2v) is 4.70. The standard InChI is InChI=1S/C13H19N3O2/c1-9(17)10-6-7-16(8-10)13(18)11-4-3-5-12(14-2)15-11/h3-5,9-10,17H,6-8H2,1-2H3,(H,14,15). The first-order chi connectivity index (χ1) is 8.61. The van der Waals surface area contributed by atoms with E-state index in [9.17, 15) is 9.90 Å². The molecule has 1 saturated heterocycles. The SMILES string of the molecule is CNc1cccc(C(=O)N2CCC(C(C)O)C2)n1. The van der Waals surface area contributed by atoms with Crippen molar-refractivity contribution in [2.24, 2.45) is 5.92 Å². The van der Waals surface area contributed by atoms with Gasteiger partial charge in [-0.1, -0.05) is 6.07 Å². The Labute approximate surface area is 107 Å². The van der Waals surface area contributed by atoms with Gasteiger partial charge in [-0.2, -0.15) is 0 Å². The van der Waals surface area contributed by atoms with Gasteiger partial charge in [-0.15, -0.1) is 0 Å². The van der Waals surface area contributed by atoms with E-state index in [-0.39, 0.29) is 17.9 Å². The predicted molar refractivity (Wildman–Crippen MR) is 69.5 cm³/mol. The molecule has 0 saturated carbocycles. The number of rotatable bonds is 3. The molecule has 1 aliphatic heterocycles. The first-order valence-electron chi connectivity index (χ1n) is 6.24. The number of aromatic nitrogens is 1. The molecule has 2 atom stereocenters. The van der Waals surface area contributed by atoms with Crippen LogP contribution in [0, 0.1) is 5.92 Å². The second kappa shape index (κ2) is 5.35. The van der Waals surface area contributed by atoms with Gasteiger partial charge in [0.1, 0.15) is 11.5 Å². The largest absolute Gasteiger partial charge is 0.393 e. The Hall–Kier alpha value is -1.62. The molecule has 18 heavy (non-hydrogen) atoms. The molecule has 1 aliphatic rings. The molecule has 2 rings (SSSR count). The van der Waals surface area contributed by atoms with E-state index in [1.165, 1.54) is 0 Å². The maximum absolute atomic E-state index is 12.2. The molecule has 1 amide bonds. The average Bonchev–Trinajstić information content (AvgIpc) is 2.87. The van der Waals surface area contributed by atoms with E-state index in [2.05, 4.69) is 10.3 Å². The van der Waals surface area contributed by atoms with Crippen LogP contribution in [0.5, 0.6) is 0 Å². The Morgan fingerprint density at radius 1 is 1.61 bits per heavy atom. The highest BCUT2D eigenvalue weighted by Gasteiger charge is 2.30. The minimum absolute atomic E-state index is 0.0600. The van der Waals surface area contributed by atoms with Crippen LogP contribution in [0.1, 0.15) is 23.8 Å². The molecule has 2 N–H and O–H groups in total. The Kier molecular flexibility index (Phi) is 3.81. The minimum atomic E-state index is -0.362. The lowest BCUT2D eigenvalue weighted by Crippen LogP contribution is -2.31. The van der Waals surface area contributed by atoms with Crippen LogP contribution in [0.4, 0.5) is 5.82 Å². The first-order valence-corrected chi connectivity index (χ1v) is 6.24. The number of hydrogen-bond acceptors (Lipinski definition) is 4. The number of carbonyl (C=O) groups is 1. The molecular formula is C13H19N3O2. The van der Waals surface area contributed by atoms with Crippen molar-refractivity contribution >= 4 is 11.7 Å². The van der Waals surface area contributed by atoms with E-state index in [0.29, 0.717) is 24.6 Å². The third kappa shape index (κ3) is 2.61.